The van der Waals surface area contributed by atoms with Crippen molar-refractivity contribution < 1.29 is 17.8 Å². The standard InChI is InChI=1S/C26H37N3O2S.CH4O3S/c1-15-13-16(2)27-25(30)21(15)14-29-12-11-22-23(26(29)31)18(4)24(32-22)17(3)19-7-9-20(10-8-19)28(5)6;1-5(2,3)4/h13,17,19-20H,7-12,14H2,1-6H3,(H,27,30);1H3,(H,2,3,4)/t17-,19-,20-;/m1./s1. The molecule has 2 N–H and O–H groups in total. The van der Waals surface area contributed by atoms with Crippen molar-refractivity contribution in [1.29, 1.82) is 0 Å². The van der Waals surface area contributed by atoms with E-state index in [4.69, 9.17) is 4.55 Å². The highest BCUT2D eigenvalue weighted by molar-refractivity contribution is 7.85. The summed E-state index contributed by atoms with van der Waals surface area (Å²) in [5.74, 6) is 1.29. The number of aryl methyl sites for hydroxylation is 2. The summed E-state index contributed by atoms with van der Waals surface area (Å²) < 4.78 is 25.9. The van der Waals surface area contributed by atoms with Crippen LogP contribution in [0.25, 0.3) is 0 Å². The van der Waals surface area contributed by atoms with Gasteiger partial charge in [0.2, 0.25) is 0 Å². The second-order valence-electron chi connectivity index (χ2n) is 10.9. The molecule has 3 heterocycles. The second kappa shape index (κ2) is 11.8. The van der Waals surface area contributed by atoms with Crippen LogP contribution < -0.4 is 5.56 Å². The third-order valence-corrected chi connectivity index (χ3v) is 9.35. The molecule has 0 saturated heterocycles. The third kappa shape index (κ3) is 7.31. The quantitative estimate of drug-likeness (QED) is 0.537. The molecule has 2 aromatic rings. The minimum absolute atomic E-state index is 0.0780. The average Bonchev–Trinajstić information content (AvgIpc) is 3.13. The lowest BCUT2D eigenvalue weighted by atomic mass is 9.77. The molecule has 0 spiro atoms. The highest BCUT2D eigenvalue weighted by Gasteiger charge is 2.34. The van der Waals surface area contributed by atoms with Crippen molar-refractivity contribution in [2.45, 2.75) is 78.3 Å². The normalized spacial score (nSPS) is 20.9. The fraction of sp³-hybridized carbons (Fsp3) is 0.630. The Morgan fingerprint density at radius 2 is 1.76 bits per heavy atom. The van der Waals surface area contributed by atoms with Gasteiger partial charge in [0.15, 0.2) is 0 Å². The summed E-state index contributed by atoms with van der Waals surface area (Å²) >= 11 is 1.87. The van der Waals surface area contributed by atoms with E-state index in [0.29, 0.717) is 42.8 Å². The summed E-state index contributed by atoms with van der Waals surface area (Å²) in [4.78, 5) is 35.7. The number of hydrogen-bond acceptors (Lipinski definition) is 6. The van der Waals surface area contributed by atoms with Crippen LogP contribution in [0.2, 0.25) is 0 Å². The van der Waals surface area contributed by atoms with Crippen LogP contribution >= 0.6 is 11.3 Å². The van der Waals surface area contributed by atoms with Gasteiger partial charge in [-0.2, -0.15) is 8.42 Å². The van der Waals surface area contributed by atoms with E-state index in [0.717, 1.165) is 23.2 Å². The molecule has 0 unspecified atom stereocenters. The van der Waals surface area contributed by atoms with Gasteiger partial charge in [0.25, 0.3) is 21.6 Å². The van der Waals surface area contributed by atoms with Crippen LogP contribution in [0.3, 0.4) is 0 Å². The Bertz CT molecular complexity index is 1280. The van der Waals surface area contributed by atoms with Crippen LogP contribution in [0, 0.1) is 26.7 Å². The summed E-state index contributed by atoms with van der Waals surface area (Å²) in [6, 6.07) is 2.69. The number of carbonyl (C=O) groups excluding carboxylic acids is 1. The zero-order valence-electron chi connectivity index (χ0n) is 23.1. The smallest absolute Gasteiger partial charge is 0.261 e. The highest BCUT2D eigenvalue weighted by atomic mass is 32.2. The van der Waals surface area contributed by atoms with Gasteiger partial charge in [-0.15, -0.1) is 11.3 Å². The number of pyridine rings is 1. The molecule has 2 aromatic heterocycles. The summed E-state index contributed by atoms with van der Waals surface area (Å²) in [6.07, 6.45) is 6.66. The minimum Gasteiger partial charge on any atom is -0.334 e. The average molecular weight is 552 g/mol. The number of aromatic nitrogens is 1. The summed E-state index contributed by atoms with van der Waals surface area (Å²) in [5, 5.41) is 0. The summed E-state index contributed by atoms with van der Waals surface area (Å²) in [6.45, 7) is 9.41. The molecule has 37 heavy (non-hydrogen) atoms. The van der Waals surface area contributed by atoms with E-state index in [1.54, 1.807) is 0 Å². The van der Waals surface area contributed by atoms with Gasteiger partial charge >= 0.3 is 0 Å². The van der Waals surface area contributed by atoms with E-state index in [9.17, 15) is 18.0 Å². The van der Waals surface area contributed by atoms with Gasteiger partial charge < -0.3 is 14.8 Å². The van der Waals surface area contributed by atoms with Crippen molar-refractivity contribution in [1.82, 2.24) is 14.8 Å². The van der Waals surface area contributed by atoms with E-state index in [2.05, 4.69) is 37.8 Å². The Hall–Kier alpha value is -2.01. The van der Waals surface area contributed by atoms with E-state index >= 15 is 0 Å². The first-order valence-corrected chi connectivity index (χ1v) is 15.5. The number of hydrogen-bond donors (Lipinski definition) is 2. The lowest BCUT2D eigenvalue weighted by Gasteiger charge is -2.35. The van der Waals surface area contributed by atoms with Gasteiger partial charge in [0.1, 0.15) is 0 Å². The number of nitrogens with zero attached hydrogens (tertiary/aromatic N) is 2. The molecule has 1 fully saturated rings. The van der Waals surface area contributed by atoms with Crippen LogP contribution in [0.4, 0.5) is 0 Å². The van der Waals surface area contributed by atoms with Gasteiger partial charge in [-0.25, -0.2) is 0 Å². The van der Waals surface area contributed by atoms with E-state index in [-0.39, 0.29) is 11.5 Å². The zero-order chi connectivity index (χ0) is 27.7. The first kappa shape index (κ1) is 29.5. The van der Waals surface area contributed by atoms with Crippen molar-refractivity contribution in [3.8, 4) is 0 Å². The van der Waals surface area contributed by atoms with Crippen LogP contribution in [0.5, 0.6) is 0 Å². The SMILES string of the molecule is CS(=O)(=O)O.Cc1cc(C)c(CN2CCc3sc([C@H](C)[C@H]4CC[C@H](N(C)C)CC4)c(C)c3C2=O)c(=O)[nH]1. The molecular formula is C27H41N3O5S2. The van der Waals surface area contributed by atoms with Gasteiger partial charge in [-0.3, -0.25) is 14.1 Å². The fourth-order valence-corrected chi connectivity index (χ4v) is 7.17. The molecule has 2 aliphatic rings. The monoisotopic (exact) mass is 551 g/mol. The molecule has 206 valence electrons. The molecular weight excluding hydrogens is 510 g/mol. The predicted octanol–water partition coefficient (Wildman–Crippen LogP) is 4.29. The van der Waals surface area contributed by atoms with Crippen LogP contribution in [-0.4, -0.2) is 66.6 Å². The van der Waals surface area contributed by atoms with Crippen molar-refractivity contribution in [2.24, 2.45) is 5.92 Å². The van der Waals surface area contributed by atoms with E-state index in [1.165, 1.54) is 41.0 Å². The molecule has 0 aromatic carbocycles. The number of fused-ring (bicyclic) bond motifs is 1. The van der Waals surface area contributed by atoms with Gasteiger partial charge in [-0.05, 0) is 89.6 Å². The molecule has 8 nitrogen and oxygen atoms in total. The number of H-pyrrole nitrogens is 1. The number of nitrogens with one attached hydrogen (secondary N) is 1. The summed E-state index contributed by atoms with van der Waals surface area (Å²) in [7, 11) is 0.713. The molecule has 1 atom stereocenters. The lowest BCUT2D eigenvalue weighted by Crippen LogP contribution is -2.38. The Morgan fingerprint density at radius 3 is 2.30 bits per heavy atom. The van der Waals surface area contributed by atoms with Gasteiger partial charge in [-0.1, -0.05) is 6.92 Å². The predicted molar refractivity (Wildman–Crippen MR) is 149 cm³/mol. The maximum Gasteiger partial charge on any atom is 0.261 e. The summed E-state index contributed by atoms with van der Waals surface area (Å²) in [5.41, 5.74) is 4.52. The molecule has 1 amide bonds. The maximum absolute atomic E-state index is 13.5. The Balaban J connectivity index is 0.000000695. The minimum atomic E-state index is -3.67. The highest BCUT2D eigenvalue weighted by Crippen LogP contribution is 2.43. The number of rotatable bonds is 5. The van der Waals surface area contributed by atoms with Gasteiger partial charge in [0, 0.05) is 40.0 Å². The van der Waals surface area contributed by atoms with Crippen molar-refractivity contribution in [3.63, 3.8) is 0 Å². The fourth-order valence-electron chi connectivity index (χ4n) is 5.73. The molecule has 10 heteroatoms. The number of aromatic amines is 1. The van der Waals surface area contributed by atoms with Crippen LogP contribution in [0.1, 0.15) is 81.0 Å². The maximum atomic E-state index is 13.5. The molecule has 4 rings (SSSR count). The second-order valence-corrected chi connectivity index (χ2v) is 13.5. The number of thiophene rings is 1. The lowest BCUT2D eigenvalue weighted by molar-refractivity contribution is 0.0727. The number of amides is 1. The largest absolute Gasteiger partial charge is 0.334 e. The molecule has 0 bridgehead atoms. The van der Waals surface area contributed by atoms with E-state index in [1.807, 2.05) is 36.2 Å². The molecule has 1 saturated carbocycles. The Labute approximate surface area is 224 Å². The first-order chi connectivity index (χ1) is 17.2. The van der Waals surface area contributed by atoms with Crippen molar-refractivity contribution >= 4 is 27.4 Å². The van der Waals surface area contributed by atoms with Crippen molar-refractivity contribution in [2.75, 3.05) is 26.9 Å². The Morgan fingerprint density at radius 1 is 1.16 bits per heavy atom. The first-order valence-electron chi connectivity index (χ1n) is 12.9. The van der Waals surface area contributed by atoms with Crippen LogP contribution in [0.15, 0.2) is 10.9 Å². The molecule has 1 aliphatic carbocycles. The van der Waals surface area contributed by atoms with Crippen LogP contribution in [-0.2, 0) is 23.1 Å². The third-order valence-electron chi connectivity index (χ3n) is 7.80. The topological polar surface area (TPSA) is 111 Å². The number of carbonyl (C=O) groups is 1. The van der Waals surface area contributed by atoms with Crippen molar-refractivity contribution in [3.05, 3.63) is 54.1 Å². The van der Waals surface area contributed by atoms with Gasteiger partial charge in [0.05, 0.1) is 18.4 Å². The van der Waals surface area contributed by atoms with E-state index < -0.39 is 10.1 Å². The molecule has 0 radical (unpaired) electrons. The zero-order valence-corrected chi connectivity index (χ0v) is 24.7. The Kier molecular flexibility index (Phi) is 9.42. The molecule has 1 aliphatic heterocycles.